The van der Waals surface area contributed by atoms with Crippen LogP contribution in [-0.2, 0) is 25.3 Å². The van der Waals surface area contributed by atoms with E-state index in [1.807, 2.05) is 6.07 Å². The van der Waals surface area contributed by atoms with E-state index in [0.29, 0.717) is 11.1 Å². The highest BCUT2D eigenvalue weighted by molar-refractivity contribution is 6.12. The molecular weight excluding hydrogens is 525 g/mol. The van der Waals surface area contributed by atoms with Gasteiger partial charge in [-0.05, 0) is 63.6 Å². The molecule has 0 aliphatic carbocycles. The van der Waals surface area contributed by atoms with Gasteiger partial charge in [-0.3, -0.25) is 19.3 Å². The number of anilines is 1. The van der Waals surface area contributed by atoms with Crippen LogP contribution in [-0.4, -0.2) is 29.9 Å². The fraction of sp³-hybridized carbons (Fsp3) is 0.345. The molecule has 1 aliphatic rings. The molecular formula is C29H27F3N4O4. The van der Waals surface area contributed by atoms with E-state index < -0.39 is 47.0 Å². The van der Waals surface area contributed by atoms with Gasteiger partial charge in [0, 0.05) is 23.8 Å². The van der Waals surface area contributed by atoms with E-state index in [-0.39, 0.29) is 30.0 Å². The Morgan fingerprint density at radius 3 is 2.35 bits per heavy atom. The molecule has 2 aromatic carbocycles. The first kappa shape index (κ1) is 29.9. The molecule has 0 radical (unpaired) electrons. The van der Waals surface area contributed by atoms with Crippen molar-refractivity contribution in [2.75, 3.05) is 11.4 Å². The zero-order valence-electron chi connectivity index (χ0n) is 22.3. The molecule has 1 heterocycles. The largest absolute Gasteiger partial charge is 0.460 e. The van der Waals surface area contributed by atoms with Crippen LogP contribution in [0.2, 0.25) is 0 Å². The summed E-state index contributed by atoms with van der Waals surface area (Å²) >= 11 is 0. The fourth-order valence-electron chi connectivity index (χ4n) is 4.41. The van der Waals surface area contributed by atoms with Crippen molar-refractivity contribution in [1.82, 2.24) is 5.32 Å². The van der Waals surface area contributed by atoms with Crippen LogP contribution in [0.3, 0.4) is 0 Å². The van der Waals surface area contributed by atoms with Crippen LogP contribution in [0.15, 0.2) is 59.9 Å². The van der Waals surface area contributed by atoms with Gasteiger partial charge in [-0.2, -0.15) is 18.4 Å². The van der Waals surface area contributed by atoms with E-state index in [9.17, 15) is 27.6 Å². The van der Waals surface area contributed by atoms with Gasteiger partial charge in [0.1, 0.15) is 11.5 Å². The average molecular weight is 553 g/mol. The van der Waals surface area contributed by atoms with Gasteiger partial charge in [-0.25, -0.2) is 4.85 Å². The van der Waals surface area contributed by atoms with Crippen molar-refractivity contribution >= 4 is 23.5 Å². The highest BCUT2D eigenvalue weighted by Crippen LogP contribution is 2.43. The van der Waals surface area contributed by atoms with Gasteiger partial charge in [0.15, 0.2) is 5.70 Å². The summed E-state index contributed by atoms with van der Waals surface area (Å²) in [4.78, 5) is 44.0. The summed E-state index contributed by atoms with van der Waals surface area (Å²) in [5.74, 6) is -4.85. The number of allylic oxidation sites excluding steroid dienone is 2. The highest BCUT2D eigenvalue weighted by atomic mass is 19.4. The number of benzene rings is 2. The topological polar surface area (TPSA) is 104 Å². The molecule has 1 N–H and O–H groups in total. The molecule has 11 heteroatoms. The number of alkyl halides is 3. The molecule has 0 fully saturated rings. The second kappa shape index (κ2) is 11.6. The predicted molar refractivity (Wildman–Crippen MR) is 139 cm³/mol. The van der Waals surface area contributed by atoms with Gasteiger partial charge in [0.05, 0.1) is 30.2 Å². The minimum absolute atomic E-state index is 0.0194. The van der Waals surface area contributed by atoms with Crippen LogP contribution < -0.4 is 10.2 Å². The Morgan fingerprint density at radius 2 is 1.80 bits per heavy atom. The molecule has 2 atom stereocenters. The van der Waals surface area contributed by atoms with Crippen molar-refractivity contribution in [3.63, 3.8) is 0 Å². The molecule has 8 nitrogen and oxygen atoms in total. The molecule has 0 saturated heterocycles. The maximum absolute atomic E-state index is 13.9. The van der Waals surface area contributed by atoms with Gasteiger partial charge >= 0.3 is 12.1 Å². The minimum Gasteiger partial charge on any atom is -0.460 e. The molecule has 2 aromatic rings. The fourth-order valence-corrected chi connectivity index (χ4v) is 4.41. The van der Waals surface area contributed by atoms with Crippen molar-refractivity contribution < 1.29 is 32.3 Å². The molecule has 2 amide bonds. The monoisotopic (exact) mass is 552 g/mol. The summed E-state index contributed by atoms with van der Waals surface area (Å²) in [6, 6.07) is 12.0. The van der Waals surface area contributed by atoms with Gasteiger partial charge < -0.3 is 10.1 Å². The number of nitrogens with zero attached hydrogens (tertiary/aromatic N) is 3. The molecule has 0 saturated carbocycles. The number of rotatable bonds is 6. The number of carbonyl (C=O) groups excluding carboxylic acids is 3. The summed E-state index contributed by atoms with van der Waals surface area (Å²) in [5, 5.41) is 11.7. The second-order valence-electron chi connectivity index (χ2n) is 10.1. The van der Waals surface area contributed by atoms with Crippen LogP contribution in [0.25, 0.3) is 4.85 Å². The van der Waals surface area contributed by atoms with E-state index in [1.165, 1.54) is 37.3 Å². The van der Waals surface area contributed by atoms with Crippen molar-refractivity contribution in [3.8, 4) is 6.07 Å². The summed E-state index contributed by atoms with van der Waals surface area (Å²) in [6.07, 6.45) is -4.87. The van der Waals surface area contributed by atoms with Crippen LogP contribution in [0.1, 0.15) is 56.7 Å². The molecule has 1 aliphatic heterocycles. The van der Waals surface area contributed by atoms with Crippen molar-refractivity contribution in [3.05, 3.63) is 88.0 Å². The average Bonchev–Trinajstić information content (AvgIpc) is 2.87. The normalized spacial score (nSPS) is 17.6. The summed E-state index contributed by atoms with van der Waals surface area (Å²) in [5.41, 5.74) is -1.11. The number of esters is 1. The third-order valence-corrected chi connectivity index (χ3v) is 6.10. The third kappa shape index (κ3) is 6.67. The zero-order valence-corrected chi connectivity index (χ0v) is 22.3. The molecule has 208 valence electrons. The second-order valence-corrected chi connectivity index (χ2v) is 10.1. The smallest absolute Gasteiger partial charge is 0.416 e. The maximum Gasteiger partial charge on any atom is 0.416 e. The lowest BCUT2D eigenvalue weighted by Gasteiger charge is -2.38. The van der Waals surface area contributed by atoms with Gasteiger partial charge in [0.2, 0.25) is 11.8 Å². The Hall–Kier alpha value is -4.64. The standard InChI is InChI=1S/C29H27F3N4O4/c1-17-25(34-5)23(19-11-9-18(16-33)10-12-19)24(26(38)35-14-13-22(37)40-28(2,3)4)27(39)36(17)21-8-6-7-20(15-21)29(30,31)32/h6-12,15,23-24H,13-14H2,1-4H3,(H,35,38). The Labute approximate surface area is 229 Å². The van der Waals surface area contributed by atoms with E-state index in [2.05, 4.69) is 10.2 Å². The number of halogens is 3. The number of ether oxygens (including phenoxy) is 1. The lowest BCUT2D eigenvalue weighted by atomic mass is 9.78. The Balaban J connectivity index is 2.06. The van der Waals surface area contributed by atoms with E-state index >= 15 is 0 Å². The van der Waals surface area contributed by atoms with Crippen LogP contribution in [0.4, 0.5) is 18.9 Å². The molecule has 40 heavy (non-hydrogen) atoms. The lowest BCUT2D eigenvalue weighted by molar-refractivity contribution is -0.154. The third-order valence-electron chi connectivity index (χ3n) is 6.10. The minimum atomic E-state index is -4.68. The molecule has 2 unspecified atom stereocenters. The Morgan fingerprint density at radius 1 is 1.15 bits per heavy atom. The number of amides is 2. The summed E-state index contributed by atoms with van der Waals surface area (Å²) < 4.78 is 45.6. The Bertz CT molecular complexity index is 1430. The van der Waals surface area contributed by atoms with Gasteiger partial charge in [-0.15, -0.1) is 0 Å². The molecule has 3 rings (SSSR count). The van der Waals surface area contributed by atoms with Crippen LogP contribution >= 0.6 is 0 Å². The molecule has 0 bridgehead atoms. The van der Waals surface area contributed by atoms with Gasteiger partial charge in [-0.1, -0.05) is 18.2 Å². The number of hydrogen-bond acceptors (Lipinski definition) is 5. The SMILES string of the molecule is [C-]#[N+]C1=C(C)N(c2cccc(C(F)(F)F)c2)C(=O)C(C(=O)NCCC(=O)OC(C)(C)C)C1c1ccc(C#N)cc1. The quantitative estimate of drug-likeness (QED) is 0.297. The van der Waals surface area contributed by atoms with E-state index in [4.69, 9.17) is 16.6 Å². The zero-order chi connectivity index (χ0) is 29.8. The first-order valence-electron chi connectivity index (χ1n) is 12.3. The first-order valence-corrected chi connectivity index (χ1v) is 12.3. The summed E-state index contributed by atoms with van der Waals surface area (Å²) in [7, 11) is 0. The highest BCUT2D eigenvalue weighted by Gasteiger charge is 2.47. The van der Waals surface area contributed by atoms with Crippen LogP contribution in [0.5, 0.6) is 0 Å². The van der Waals surface area contributed by atoms with E-state index in [0.717, 1.165) is 23.1 Å². The number of hydrogen-bond donors (Lipinski definition) is 1. The van der Waals surface area contributed by atoms with Crippen molar-refractivity contribution in [2.45, 2.75) is 51.8 Å². The number of carbonyl (C=O) groups is 3. The van der Waals surface area contributed by atoms with Gasteiger partial charge in [0.25, 0.3) is 0 Å². The van der Waals surface area contributed by atoms with Crippen molar-refractivity contribution in [1.29, 1.82) is 5.26 Å². The summed E-state index contributed by atoms with van der Waals surface area (Å²) in [6.45, 7) is 14.2. The molecule has 0 spiro atoms. The number of nitrogens with one attached hydrogen (secondary N) is 1. The first-order chi connectivity index (χ1) is 18.7. The maximum atomic E-state index is 13.9. The number of nitriles is 1. The van der Waals surface area contributed by atoms with Crippen molar-refractivity contribution in [2.24, 2.45) is 5.92 Å². The predicted octanol–water partition coefficient (Wildman–Crippen LogP) is 5.32. The Kier molecular flexibility index (Phi) is 8.69. The molecule has 0 aromatic heterocycles. The van der Waals surface area contributed by atoms with Crippen LogP contribution in [0, 0.1) is 23.8 Å². The lowest BCUT2D eigenvalue weighted by Crippen LogP contribution is -2.50. The van der Waals surface area contributed by atoms with E-state index in [1.54, 1.807) is 20.8 Å².